The summed E-state index contributed by atoms with van der Waals surface area (Å²) in [5.41, 5.74) is 1.81. The third-order valence-electron chi connectivity index (χ3n) is 3.24. The molecule has 0 aromatic heterocycles. The van der Waals surface area contributed by atoms with E-state index in [-0.39, 0.29) is 6.61 Å². The molecule has 0 bridgehead atoms. The lowest BCUT2D eigenvalue weighted by atomic mass is 10.2. The molecule has 0 amide bonds. The van der Waals surface area contributed by atoms with E-state index in [4.69, 9.17) is 10.00 Å². The zero-order valence-corrected chi connectivity index (χ0v) is 12.6. The van der Waals surface area contributed by atoms with Gasteiger partial charge in [0.15, 0.2) is 0 Å². The number of ether oxygens (including phenoxy) is 1. The number of benzene rings is 2. The predicted octanol–water partition coefficient (Wildman–Crippen LogP) is 2.43. The summed E-state index contributed by atoms with van der Waals surface area (Å²) < 4.78 is 5.53. The fraction of sp³-hybridized carbons (Fsp3) is 0.278. The monoisotopic (exact) mass is 296 g/mol. The molecule has 0 saturated heterocycles. The number of hydrogen-bond donors (Lipinski definition) is 1. The maximum atomic E-state index is 10.0. The first-order chi connectivity index (χ1) is 10.7. The van der Waals surface area contributed by atoms with Crippen LogP contribution in [0.2, 0.25) is 0 Å². The number of aliphatic hydroxyl groups excluding tert-OH is 1. The maximum absolute atomic E-state index is 10.0. The van der Waals surface area contributed by atoms with Crippen LogP contribution >= 0.6 is 0 Å². The first-order valence-electron chi connectivity index (χ1n) is 7.21. The molecular formula is C18H20N2O2. The van der Waals surface area contributed by atoms with Gasteiger partial charge in [-0.05, 0) is 36.9 Å². The minimum absolute atomic E-state index is 0.227. The van der Waals surface area contributed by atoms with E-state index in [0.29, 0.717) is 17.9 Å². The highest BCUT2D eigenvalue weighted by Crippen LogP contribution is 2.12. The molecule has 1 N–H and O–H groups in total. The van der Waals surface area contributed by atoms with Crippen molar-refractivity contribution in [3.8, 4) is 11.8 Å². The van der Waals surface area contributed by atoms with Gasteiger partial charge in [0, 0.05) is 13.1 Å². The van der Waals surface area contributed by atoms with Crippen molar-refractivity contribution in [1.29, 1.82) is 5.26 Å². The molecule has 0 saturated carbocycles. The van der Waals surface area contributed by atoms with Crippen LogP contribution in [0.5, 0.6) is 5.75 Å². The highest BCUT2D eigenvalue weighted by Gasteiger charge is 2.09. The third kappa shape index (κ3) is 5.21. The van der Waals surface area contributed by atoms with Crippen molar-refractivity contribution in [2.24, 2.45) is 0 Å². The van der Waals surface area contributed by atoms with Crippen molar-refractivity contribution in [2.75, 3.05) is 20.2 Å². The second kappa shape index (κ2) is 8.18. The zero-order valence-electron chi connectivity index (χ0n) is 12.6. The summed E-state index contributed by atoms with van der Waals surface area (Å²) in [6, 6.07) is 19.1. The summed E-state index contributed by atoms with van der Waals surface area (Å²) in [6.45, 7) is 1.55. The smallest absolute Gasteiger partial charge is 0.119 e. The Balaban J connectivity index is 1.75. The van der Waals surface area contributed by atoms with Crippen LogP contribution in [0.4, 0.5) is 0 Å². The zero-order chi connectivity index (χ0) is 15.8. The lowest BCUT2D eigenvalue weighted by Gasteiger charge is -2.20. The topological polar surface area (TPSA) is 56.5 Å². The Morgan fingerprint density at radius 3 is 2.45 bits per heavy atom. The van der Waals surface area contributed by atoms with Crippen LogP contribution in [0.3, 0.4) is 0 Å². The van der Waals surface area contributed by atoms with Crippen LogP contribution < -0.4 is 4.74 Å². The van der Waals surface area contributed by atoms with E-state index < -0.39 is 6.10 Å². The average molecular weight is 296 g/mol. The van der Waals surface area contributed by atoms with Gasteiger partial charge in [-0.3, -0.25) is 4.90 Å². The van der Waals surface area contributed by atoms with Crippen molar-refractivity contribution in [3.05, 3.63) is 65.7 Å². The Bertz CT molecular complexity index is 605. The van der Waals surface area contributed by atoms with Gasteiger partial charge >= 0.3 is 0 Å². The van der Waals surface area contributed by atoms with Gasteiger partial charge in [0.05, 0.1) is 11.6 Å². The number of likely N-dealkylation sites (N-methyl/N-ethyl adjacent to an activating group) is 1. The standard InChI is InChI=1S/C18H20N2O2/c1-20(12-16-5-3-2-4-6-16)13-17(21)14-22-18-9-7-15(11-19)8-10-18/h2-10,17,21H,12-14H2,1H3. The normalized spacial score (nSPS) is 11.9. The molecule has 2 aromatic carbocycles. The summed E-state index contributed by atoms with van der Waals surface area (Å²) in [5, 5.41) is 18.8. The van der Waals surface area contributed by atoms with Gasteiger partial charge in [-0.25, -0.2) is 0 Å². The molecule has 1 unspecified atom stereocenters. The fourth-order valence-corrected chi connectivity index (χ4v) is 2.19. The Hall–Kier alpha value is -2.35. The quantitative estimate of drug-likeness (QED) is 0.852. The van der Waals surface area contributed by atoms with Crippen LogP contribution in [0.1, 0.15) is 11.1 Å². The minimum atomic E-state index is -0.565. The van der Waals surface area contributed by atoms with E-state index in [9.17, 15) is 5.11 Å². The Morgan fingerprint density at radius 1 is 1.14 bits per heavy atom. The number of nitrogens with zero attached hydrogens (tertiary/aromatic N) is 2. The summed E-state index contributed by atoms with van der Waals surface area (Å²) in [5.74, 6) is 0.656. The van der Waals surface area contributed by atoms with Gasteiger partial charge in [-0.2, -0.15) is 5.26 Å². The van der Waals surface area contributed by atoms with Crippen molar-refractivity contribution < 1.29 is 9.84 Å². The van der Waals surface area contributed by atoms with Gasteiger partial charge in [0.1, 0.15) is 18.5 Å². The van der Waals surface area contributed by atoms with E-state index in [1.165, 1.54) is 5.56 Å². The fourth-order valence-electron chi connectivity index (χ4n) is 2.19. The highest BCUT2D eigenvalue weighted by atomic mass is 16.5. The third-order valence-corrected chi connectivity index (χ3v) is 3.24. The first kappa shape index (κ1) is 16.0. The second-order valence-corrected chi connectivity index (χ2v) is 5.28. The van der Waals surface area contributed by atoms with E-state index in [2.05, 4.69) is 23.1 Å². The van der Waals surface area contributed by atoms with Crippen LogP contribution in [0, 0.1) is 11.3 Å². The number of hydrogen-bond acceptors (Lipinski definition) is 4. The van der Waals surface area contributed by atoms with Gasteiger partial charge in [-0.15, -0.1) is 0 Å². The molecule has 114 valence electrons. The molecule has 0 spiro atoms. The number of aliphatic hydroxyl groups is 1. The number of nitriles is 1. The molecule has 0 aliphatic heterocycles. The van der Waals surface area contributed by atoms with Crippen LogP contribution in [-0.4, -0.2) is 36.3 Å². The molecule has 4 heteroatoms. The highest BCUT2D eigenvalue weighted by molar-refractivity contribution is 5.34. The molecule has 1 atom stereocenters. The molecule has 0 radical (unpaired) electrons. The van der Waals surface area contributed by atoms with Crippen molar-refractivity contribution in [2.45, 2.75) is 12.6 Å². The van der Waals surface area contributed by atoms with Crippen LogP contribution in [0.25, 0.3) is 0 Å². The molecule has 0 fully saturated rings. The van der Waals surface area contributed by atoms with Crippen molar-refractivity contribution in [3.63, 3.8) is 0 Å². The molecular weight excluding hydrogens is 276 g/mol. The molecule has 0 heterocycles. The van der Waals surface area contributed by atoms with Gasteiger partial charge in [-0.1, -0.05) is 30.3 Å². The van der Waals surface area contributed by atoms with E-state index in [0.717, 1.165) is 6.54 Å². The second-order valence-electron chi connectivity index (χ2n) is 5.28. The largest absolute Gasteiger partial charge is 0.491 e. The average Bonchev–Trinajstić information content (AvgIpc) is 2.54. The van der Waals surface area contributed by atoms with E-state index in [1.54, 1.807) is 24.3 Å². The summed E-state index contributed by atoms with van der Waals surface area (Å²) in [6.07, 6.45) is -0.565. The van der Waals surface area contributed by atoms with Crippen LogP contribution in [-0.2, 0) is 6.54 Å². The molecule has 2 aromatic rings. The SMILES string of the molecule is CN(Cc1ccccc1)CC(O)COc1ccc(C#N)cc1. The predicted molar refractivity (Wildman–Crippen MR) is 85.4 cm³/mol. The van der Waals surface area contributed by atoms with E-state index in [1.807, 2.05) is 25.2 Å². The molecule has 0 aliphatic rings. The van der Waals surface area contributed by atoms with Crippen LogP contribution in [0.15, 0.2) is 54.6 Å². The lowest BCUT2D eigenvalue weighted by Crippen LogP contribution is -2.32. The maximum Gasteiger partial charge on any atom is 0.119 e. The van der Waals surface area contributed by atoms with Gasteiger partial charge < -0.3 is 9.84 Å². The summed E-state index contributed by atoms with van der Waals surface area (Å²) >= 11 is 0. The van der Waals surface area contributed by atoms with Gasteiger partial charge in [0.25, 0.3) is 0 Å². The summed E-state index contributed by atoms with van der Waals surface area (Å²) in [7, 11) is 1.97. The lowest BCUT2D eigenvalue weighted by molar-refractivity contribution is 0.0744. The van der Waals surface area contributed by atoms with Gasteiger partial charge in [0.2, 0.25) is 0 Å². The van der Waals surface area contributed by atoms with Crippen molar-refractivity contribution >= 4 is 0 Å². The Morgan fingerprint density at radius 2 is 1.82 bits per heavy atom. The molecule has 22 heavy (non-hydrogen) atoms. The summed E-state index contributed by atoms with van der Waals surface area (Å²) in [4.78, 5) is 2.06. The Kier molecular flexibility index (Phi) is 5.96. The van der Waals surface area contributed by atoms with Crippen molar-refractivity contribution in [1.82, 2.24) is 4.90 Å². The Labute approximate surface area is 131 Å². The number of rotatable bonds is 7. The molecule has 2 rings (SSSR count). The first-order valence-corrected chi connectivity index (χ1v) is 7.21. The minimum Gasteiger partial charge on any atom is -0.491 e. The molecule has 0 aliphatic carbocycles. The van der Waals surface area contributed by atoms with E-state index >= 15 is 0 Å². The molecule has 4 nitrogen and oxygen atoms in total.